The lowest BCUT2D eigenvalue weighted by molar-refractivity contribution is -0.117. The van der Waals surface area contributed by atoms with Gasteiger partial charge < -0.3 is 5.32 Å². The van der Waals surface area contributed by atoms with Gasteiger partial charge in [0.25, 0.3) is 0 Å². The number of amides is 1. The number of nitrogens with zero attached hydrogens (tertiary/aromatic N) is 3. The summed E-state index contributed by atoms with van der Waals surface area (Å²) in [5, 5.41) is 12.4. The molecule has 2 aromatic rings. The van der Waals surface area contributed by atoms with E-state index < -0.39 is 0 Å². The minimum absolute atomic E-state index is 0.209. The third-order valence-corrected chi connectivity index (χ3v) is 4.89. The van der Waals surface area contributed by atoms with Crippen LogP contribution in [-0.2, 0) is 4.79 Å². The Bertz CT molecular complexity index is 850. The second-order valence-corrected chi connectivity index (χ2v) is 6.58. The molecule has 6 heteroatoms. The van der Waals surface area contributed by atoms with Crippen LogP contribution in [-0.4, -0.2) is 35.0 Å². The summed E-state index contributed by atoms with van der Waals surface area (Å²) >= 11 is 0. The smallest absolute Gasteiger partial charge is 0.239 e. The van der Waals surface area contributed by atoms with Crippen LogP contribution in [0.1, 0.15) is 37.1 Å². The molecule has 0 saturated heterocycles. The van der Waals surface area contributed by atoms with Gasteiger partial charge >= 0.3 is 0 Å². The van der Waals surface area contributed by atoms with E-state index in [2.05, 4.69) is 25.2 Å². The average molecular weight is 356 g/mol. The molecule has 1 aromatic carbocycles. The molecule has 0 fully saturated rings. The van der Waals surface area contributed by atoms with E-state index in [9.17, 15) is 14.4 Å². The zero-order valence-electron chi connectivity index (χ0n) is 15.9. The van der Waals surface area contributed by atoms with Crippen molar-refractivity contribution in [3.05, 3.63) is 46.9 Å². The number of halogens is 1. The number of nitrogens with one attached hydrogen (secondary N) is 1. The molecule has 0 radical (unpaired) electrons. The molecule has 26 heavy (non-hydrogen) atoms. The highest BCUT2D eigenvalue weighted by Gasteiger charge is 2.21. The lowest BCUT2D eigenvalue weighted by atomic mass is 10.2. The number of carbonyl (C=O) groups is 1. The Labute approximate surface area is 154 Å². The maximum atomic E-state index is 13.7. The molecule has 0 aliphatic carbocycles. The number of hydrogen-bond donors (Lipinski definition) is 1. The van der Waals surface area contributed by atoms with Gasteiger partial charge in [0.05, 0.1) is 17.8 Å². The predicted molar refractivity (Wildman–Crippen MR) is 101 cm³/mol. The van der Waals surface area contributed by atoms with E-state index in [4.69, 9.17) is 0 Å². The van der Waals surface area contributed by atoms with Crippen molar-refractivity contribution < 1.29 is 9.18 Å². The molecular formula is C20H25FN4O. The van der Waals surface area contributed by atoms with Gasteiger partial charge in [0, 0.05) is 11.7 Å². The molecule has 1 N–H and O–H groups in total. The summed E-state index contributed by atoms with van der Waals surface area (Å²) in [5.41, 5.74) is 2.52. The lowest BCUT2D eigenvalue weighted by Crippen LogP contribution is -2.36. The monoisotopic (exact) mass is 356 g/mol. The van der Waals surface area contributed by atoms with Crippen LogP contribution in [0.4, 0.5) is 10.2 Å². The maximum absolute atomic E-state index is 13.7. The van der Waals surface area contributed by atoms with Gasteiger partial charge in [-0.05, 0) is 58.0 Å². The van der Waals surface area contributed by atoms with Crippen molar-refractivity contribution in [2.24, 2.45) is 0 Å². The third kappa shape index (κ3) is 3.94. The highest BCUT2D eigenvalue weighted by molar-refractivity contribution is 5.93. The Morgan fingerprint density at radius 1 is 1.42 bits per heavy atom. The van der Waals surface area contributed by atoms with Gasteiger partial charge in [0.1, 0.15) is 17.7 Å². The van der Waals surface area contributed by atoms with Gasteiger partial charge in [0.15, 0.2) is 0 Å². The van der Waals surface area contributed by atoms with Gasteiger partial charge in [-0.1, -0.05) is 13.0 Å². The molecule has 5 nitrogen and oxygen atoms in total. The SMILES string of the molecule is CCC(C)N(C)CC(=O)Nc1c(C#N)c(C)c(C)n1-c1cccc(F)c1. The number of hydrogen-bond acceptors (Lipinski definition) is 3. The average Bonchev–Trinajstić information content (AvgIpc) is 2.83. The fourth-order valence-electron chi connectivity index (χ4n) is 2.86. The molecule has 0 aliphatic heterocycles. The van der Waals surface area contributed by atoms with Crippen LogP contribution >= 0.6 is 0 Å². The first-order valence-corrected chi connectivity index (χ1v) is 8.68. The first kappa shape index (κ1) is 19.7. The topological polar surface area (TPSA) is 61.1 Å². The van der Waals surface area contributed by atoms with E-state index in [1.54, 1.807) is 16.7 Å². The molecule has 0 spiro atoms. The largest absolute Gasteiger partial charge is 0.310 e. The number of anilines is 1. The Kier molecular flexibility index (Phi) is 6.17. The second-order valence-electron chi connectivity index (χ2n) is 6.58. The summed E-state index contributed by atoms with van der Waals surface area (Å²) in [6.07, 6.45) is 0.936. The van der Waals surface area contributed by atoms with Crippen molar-refractivity contribution in [3.8, 4) is 11.8 Å². The summed E-state index contributed by atoms with van der Waals surface area (Å²) in [6.45, 7) is 8.01. The molecule has 2 rings (SSSR count). The maximum Gasteiger partial charge on any atom is 0.239 e. The number of carbonyl (C=O) groups excluding carboxylic acids is 1. The van der Waals surface area contributed by atoms with Crippen LogP contribution in [0.3, 0.4) is 0 Å². The standard InChI is InChI=1S/C20H25FN4O/c1-6-13(2)24(5)12-19(26)23-20-18(11-22)14(3)15(4)25(20)17-9-7-8-16(21)10-17/h7-10,13H,6,12H2,1-5H3,(H,23,26). The van der Waals surface area contributed by atoms with Crippen molar-refractivity contribution in [1.29, 1.82) is 5.26 Å². The van der Waals surface area contributed by atoms with Crippen molar-refractivity contribution in [1.82, 2.24) is 9.47 Å². The Morgan fingerprint density at radius 2 is 2.12 bits per heavy atom. The van der Waals surface area contributed by atoms with Gasteiger partial charge in [-0.3, -0.25) is 14.3 Å². The Balaban J connectivity index is 2.43. The van der Waals surface area contributed by atoms with Gasteiger partial charge in [0.2, 0.25) is 5.91 Å². The summed E-state index contributed by atoms with van der Waals surface area (Å²) < 4.78 is 15.4. The second kappa shape index (κ2) is 8.15. The predicted octanol–water partition coefficient (Wildman–Crippen LogP) is 3.77. The van der Waals surface area contributed by atoms with E-state index >= 15 is 0 Å². The summed E-state index contributed by atoms with van der Waals surface area (Å²) in [7, 11) is 1.89. The minimum atomic E-state index is -0.374. The quantitative estimate of drug-likeness (QED) is 0.857. The molecule has 1 atom stereocenters. The van der Waals surface area contributed by atoms with Gasteiger partial charge in [-0.25, -0.2) is 4.39 Å². The van der Waals surface area contributed by atoms with Crippen LogP contribution in [0.15, 0.2) is 24.3 Å². The minimum Gasteiger partial charge on any atom is -0.310 e. The van der Waals surface area contributed by atoms with Gasteiger partial charge in [-0.2, -0.15) is 5.26 Å². The molecule has 1 aromatic heterocycles. The van der Waals surface area contributed by atoms with Crippen LogP contribution < -0.4 is 5.32 Å². The molecule has 1 heterocycles. The molecule has 0 aliphatic rings. The normalized spacial score (nSPS) is 12.1. The van der Waals surface area contributed by atoms with Crippen LogP contribution in [0.2, 0.25) is 0 Å². The van der Waals surface area contributed by atoms with Gasteiger partial charge in [-0.15, -0.1) is 0 Å². The van der Waals surface area contributed by atoms with E-state index in [0.29, 0.717) is 17.1 Å². The fourth-order valence-corrected chi connectivity index (χ4v) is 2.86. The first-order chi connectivity index (χ1) is 12.3. The number of aromatic nitrogens is 1. The molecule has 0 saturated carbocycles. The van der Waals surface area contributed by atoms with Crippen LogP contribution in [0, 0.1) is 31.0 Å². The highest BCUT2D eigenvalue weighted by atomic mass is 19.1. The number of likely N-dealkylation sites (N-methyl/N-ethyl adjacent to an activating group) is 1. The Hall–Kier alpha value is -2.65. The van der Waals surface area contributed by atoms with Crippen molar-refractivity contribution >= 4 is 11.7 Å². The Morgan fingerprint density at radius 3 is 2.69 bits per heavy atom. The van der Waals surface area contributed by atoms with Crippen LogP contribution in [0.25, 0.3) is 5.69 Å². The molecular weight excluding hydrogens is 331 g/mol. The van der Waals surface area contributed by atoms with Crippen molar-refractivity contribution in [2.45, 2.75) is 40.2 Å². The van der Waals surface area contributed by atoms with E-state index in [0.717, 1.165) is 17.7 Å². The lowest BCUT2D eigenvalue weighted by Gasteiger charge is -2.23. The van der Waals surface area contributed by atoms with Crippen molar-refractivity contribution in [3.63, 3.8) is 0 Å². The third-order valence-electron chi connectivity index (χ3n) is 4.89. The summed E-state index contributed by atoms with van der Waals surface area (Å²) in [6, 6.07) is 8.53. The van der Waals surface area contributed by atoms with E-state index in [1.807, 2.05) is 25.8 Å². The van der Waals surface area contributed by atoms with E-state index in [1.165, 1.54) is 12.1 Å². The molecule has 138 valence electrons. The highest BCUT2D eigenvalue weighted by Crippen LogP contribution is 2.30. The zero-order valence-corrected chi connectivity index (χ0v) is 15.9. The number of benzene rings is 1. The summed E-state index contributed by atoms with van der Waals surface area (Å²) in [4.78, 5) is 14.5. The molecule has 1 unspecified atom stereocenters. The molecule has 0 bridgehead atoms. The first-order valence-electron chi connectivity index (χ1n) is 8.68. The van der Waals surface area contributed by atoms with Crippen LogP contribution in [0.5, 0.6) is 0 Å². The van der Waals surface area contributed by atoms with Crippen molar-refractivity contribution in [2.75, 3.05) is 18.9 Å². The number of rotatable bonds is 6. The fraction of sp³-hybridized carbons (Fsp3) is 0.400. The molecule has 1 amide bonds. The summed E-state index contributed by atoms with van der Waals surface area (Å²) in [5.74, 6) is -0.198. The zero-order chi connectivity index (χ0) is 19.4. The number of nitriles is 1. The van der Waals surface area contributed by atoms with E-state index in [-0.39, 0.29) is 24.3 Å².